The zero-order valence-electron chi connectivity index (χ0n) is 11.2. The van der Waals surface area contributed by atoms with Crippen molar-refractivity contribution in [3.63, 3.8) is 0 Å². The first-order valence-electron chi connectivity index (χ1n) is 6.35. The van der Waals surface area contributed by atoms with Gasteiger partial charge in [-0.2, -0.15) is 0 Å². The Kier molecular flexibility index (Phi) is 4.76. The van der Waals surface area contributed by atoms with Crippen LogP contribution in [0.1, 0.15) is 24.0 Å². The minimum absolute atomic E-state index is 0.337. The van der Waals surface area contributed by atoms with Crippen molar-refractivity contribution in [2.45, 2.75) is 19.3 Å². The Morgan fingerprint density at radius 2 is 1.95 bits per heavy atom. The minimum atomic E-state index is -2.29. The van der Waals surface area contributed by atoms with Crippen molar-refractivity contribution < 1.29 is 8.76 Å². The lowest BCUT2D eigenvalue weighted by atomic mass is 9.93. The Labute approximate surface area is 121 Å². The summed E-state index contributed by atoms with van der Waals surface area (Å²) in [5.41, 5.74) is 9.32. The van der Waals surface area contributed by atoms with Gasteiger partial charge in [0.1, 0.15) is 0 Å². The van der Waals surface area contributed by atoms with Crippen LogP contribution in [0.3, 0.4) is 0 Å². The summed E-state index contributed by atoms with van der Waals surface area (Å²) >= 11 is -2.29. The zero-order valence-corrected chi connectivity index (χ0v) is 12.0. The van der Waals surface area contributed by atoms with Crippen LogP contribution in [0.15, 0.2) is 48.5 Å². The molecule has 0 aliphatic heterocycles. The highest BCUT2D eigenvalue weighted by Crippen LogP contribution is 2.22. The molecule has 20 heavy (non-hydrogen) atoms. The van der Waals surface area contributed by atoms with Crippen molar-refractivity contribution in [1.29, 1.82) is 0 Å². The third-order valence-corrected chi connectivity index (χ3v) is 3.58. The topological polar surface area (TPSA) is 78.2 Å². The van der Waals surface area contributed by atoms with Crippen LogP contribution in [-0.2, 0) is 17.7 Å². The van der Waals surface area contributed by atoms with Crippen LogP contribution in [0.25, 0.3) is 0 Å². The summed E-state index contributed by atoms with van der Waals surface area (Å²) in [6, 6.07) is 15.3. The molecule has 3 N–H and O–H groups in total. The van der Waals surface area contributed by atoms with E-state index in [4.69, 9.17) is 5.73 Å². The fourth-order valence-corrected chi connectivity index (χ4v) is 2.47. The Morgan fingerprint density at radius 1 is 1.25 bits per heavy atom. The summed E-state index contributed by atoms with van der Waals surface area (Å²) < 4.78 is 23.6. The Balaban J connectivity index is 2.09. The van der Waals surface area contributed by atoms with Crippen LogP contribution in [0.2, 0.25) is 0 Å². The number of nitrogens with two attached hydrogens (primary N) is 1. The highest BCUT2D eigenvalue weighted by Gasteiger charge is 2.07. The number of nitrogens with one attached hydrogen (secondary N) is 1. The summed E-state index contributed by atoms with van der Waals surface area (Å²) in [6.45, 7) is 2.14. The second-order valence-corrected chi connectivity index (χ2v) is 5.48. The standard InChI is InChI=1S/C15H18N2O2S/c1-11(13-5-7-14(16)8-6-13)9-12-3-2-4-15(10-12)17-20(18)19/h2-8,10-11,17H,9,16H2,1H3,(H,18,19)/p-1/t11-/m0/s1. The highest BCUT2D eigenvalue weighted by molar-refractivity contribution is 7.80. The second-order valence-electron chi connectivity index (χ2n) is 4.81. The van der Waals surface area contributed by atoms with Crippen LogP contribution < -0.4 is 10.5 Å². The van der Waals surface area contributed by atoms with Crippen LogP contribution in [-0.4, -0.2) is 8.76 Å². The van der Waals surface area contributed by atoms with Crippen molar-refractivity contribution >= 4 is 22.6 Å². The van der Waals surface area contributed by atoms with Gasteiger partial charge in [-0.25, -0.2) is 0 Å². The maximum atomic E-state index is 10.6. The molecule has 1 unspecified atom stereocenters. The average molecular weight is 289 g/mol. The maximum Gasteiger partial charge on any atom is 0.0455 e. The third kappa shape index (κ3) is 4.08. The minimum Gasteiger partial charge on any atom is -0.755 e. The molecule has 106 valence electrons. The molecule has 2 aromatic rings. The quantitative estimate of drug-likeness (QED) is 0.656. The fraction of sp³-hybridized carbons (Fsp3) is 0.200. The molecule has 0 bridgehead atoms. The molecule has 0 saturated heterocycles. The van der Waals surface area contributed by atoms with Gasteiger partial charge in [-0.15, -0.1) is 0 Å². The van der Waals surface area contributed by atoms with E-state index in [1.54, 1.807) is 6.07 Å². The van der Waals surface area contributed by atoms with Gasteiger partial charge in [0, 0.05) is 22.6 Å². The first-order chi connectivity index (χ1) is 9.54. The van der Waals surface area contributed by atoms with Gasteiger partial charge in [-0.3, -0.25) is 4.21 Å². The van der Waals surface area contributed by atoms with Crippen LogP contribution in [0.5, 0.6) is 0 Å². The van der Waals surface area contributed by atoms with Gasteiger partial charge in [-0.1, -0.05) is 31.2 Å². The van der Waals surface area contributed by atoms with E-state index >= 15 is 0 Å². The lowest BCUT2D eigenvalue weighted by Gasteiger charge is -2.14. The van der Waals surface area contributed by atoms with Gasteiger partial charge in [-0.05, 0) is 47.7 Å². The van der Waals surface area contributed by atoms with E-state index in [9.17, 15) is 8.76 Å². The van der Waals surface area contributed by atoms with E-state index in [0.717, 1.165) is 17.7 Å². The molecule has 0 radical (unpaired) electrons. The van der Waals surface area contributed by atoms with Gasteiger partial charge >= 0.3 is 0 Å². The van der Waals surface area contributed by atoms with Crippen molar-refractivity contribution in [2.75, 3.05) is 10.5 Å². The van der Waals surface area contributed by atoms with Crippen molar-refractivity contribution in [3.05, 3.63) is 59.7 Å². The molecule has 2 atom stereocenters. The highest BCUT2D eigenvalue weighted by atomic mass is 32.2. The summed E-state index contributed by atoms with van der Waals surface area (Å²) in [6.07, 6.45) is 0.838. The van der Waals surface area contributed by atoms with Crippen molar-refractivity contribution in [1.82, 2.24) is 0 Å². The third-order valence-electron chi connectivity index (χ3n) is 3.18. The molecular weight excluding hydrogens is 272 g/mol. The number of hydrogen-bond donors (Lipinski definition) is 2. The summed E-state index contributed by atoms with van der Waals surface area (Å²) in [5, 5.41) is 0. The van der Waals surface area contributed by atoms with E-state index in [2.05, 4.69) is 11.6 Å². The number of rotatable bonds is 5. The van der Waals surface area contributed by atoms with Gasteiger partial charge in [0.05, 0.1) is 0 Å². The molecule has 0 spiro atoms. The van der Waals surface area contributed by atoms with E-state index < -0.39 is 11.3 Å². The number of hydrogen-bond acceptors (Lipinski definition) is 3. The van der Waals surface area contributed by atoms with Gasteiger partial charge in [0.15, 0.2) is 0 Å². The largest absolute Gasteiger partial charge is 0.755 e. The summed E-state index contributed by atoms with van der Waals surface area (Å²) in [4.78, 5) is 0. The fourth-order valence-electron chi connectivity index (χ4n) is 2.15. The molecule has 0 amide bonds. The maximum absolute atomic E-state index is 10.6. The molecule has 5 heteroatoms. The van der Waals surface area contributed by atoms with Gasteiger partial charge in [0.2, 0.25) is 0 Å². The molecule has 0 aliphatic carbocycles. The summed E-state index contributed by atoms with van der Waals surface area (Å²) in [7, 11) is 0. The predicted octanol–water partition coefficient (Wildman–Crippen LogP) is 2.82. The molecule has 2 aromatic carbocycles. The Hall–Kier alpha value is -1.85. The lowest BCUT2D eigenvalue weighted by molar-refractivity contribution is 0.542. The van der Waals surface area contributed by atoms with E-state index in [1.165, 1.54) is 5.56 Å². The summed E-state index contributed by atoms with van der Waals surface area (Å²) in [5.74, 6) is 0.337. The SMILES string of the molecule is C[C@@H](Cc1cccc(NS(=O)[O-])c1)c1ccc(N)cc1. The first-order valence-corrected chi connectivity index (χ1v) is 7.42. The smallest absolute Gasteiger partial charge is 0.0455 e. The molecule has 0 aromatic heterocycles. The number of nitrogen functional groups attached to an aromatic ring is 1. The number of anilines is 2. The van der Waals surface area contributed by atoms with E-state index in [0.29, 0.717) is 11.6 Å². The monoisotopic (exact) mass is 289 g/mol. The average Bonchev–Trinajstić information content (AvgIpc) is 2.39. The second kappa shape index (κ2) is 6.54. The molecule has 0 heterocycles. The Morgan fingerprint density at radius 3 is 2.60 bits per heavy atom. The van der Waals surface area contributed by atoms with Crippen molar-refractivity contribution in [2.24, 2.45) is 0 Å². The predicted molar refractivity (Wildman–Crippen MR) is 82.0 cm³/mol. The molecule has 0 fully saturated rings. The molecule has 0 aliphatic rings. The molecule has 2 rings (SSSR count). The number of benzene rings is 2. The molecule has 4 nitrogen and oxygen atoms in total. The molecule has 0 saturated carbocycles. The van der Waals surface area contributed by atoms with E-state index in [1.807, 2.05) is 42.5 Å². The lowest BCUT2D eigenvalue weighted by Crippen LogP contribution is -2.03. The van der Waals surface area contributed by atoms with Gasteiger partial charge < -0.3 is 15.0 Å². The van der Waals surface area contributed by atoms with Gasteiger partial charge in [0.25, 0.3) is 0 Å². The van der Waals surface area contributed by atoms with Crippen LogP contribution >= 0.6 is 0 Å². The Bertz CT molecular complexity index is 599. The van der Waals surface area contributed by atoms with Crippen LogP contribution in [0.4, 0.5) is 11.4 Å². The van der Waals surface area contributed by atoms with Crippen molar-refractivity contribution in [3.8, 4) is 0 Å². The van der Waals surface area contributed by atoms with Crippen LogP contribution in [0, 0.1) is 0 Å². The molecular formula is C15H17N2O2S-. The zero-order chi connectivity index (χ0) is 14.5. The normalized spacial score (nSPS) is 13.7. The first kappa shape index (κ1) is 14.6. The van der Waals surface area contributed by atoms with E-state index in [-0.39, 0.29) is 0 Å².